The zero-order chi connectivity index (χ0) is 26.5. The van der Waals surface area contributed by atoms with Gasteiger partial charge in [-0.1, -0.05) is 81.8 Å². The molecule has 0 aliphatic heterocycles. The molecule has 0 bridgehead atoms. The van der Waals surface area contributed by atoms with E-state index in [-0.39, 0.29) is 0 Å². The lowest BCUT2D eigenvalue weighted by Crippen LogP contribution is -2.43. The highest BCUT2D eigenvalue weighted by Crippen LogP contribution is 2.63. The lowest BCUT2D eigenvalue weighted by atomic mass is 9.55. The molecule has 5 atom stereocenters. The Labute approximate surface area is 228 Å². The molecule has 2 fully saturated rings. The topological polar surface area (TPSA) is 29.5 Å². The zero-order valence-electron chi connectivity index (χ0n) is 24.8. The Morgan fingerprint density at radius 3 is 2.31 bits per heavy atom. The van der Waals surface area contributed by atoms with Gasteiger partial charge in [0.05, 0.1) is 5.60 Å². The summed E-state index contributed by atoms with van der Waals surface area (Å²) in [7, 11) is -1.64. The van der Waals surface area contributed by atoms with Gasteiger partial charge >= 0.3 is 0 Å². The highest BCUT2D eigenvalue weighted by atomic mass is 79.9. The summed E-state index contributed by atoms with van der Waals surface area (Å²) in [5, 5.41) is 10.3. The predicted octanol–water partition coefficient (Wildman–Crippen LogP) is 10.3. The van der Waals surface area contributed by atoms with Gasteiger partial charge in [0.1, 0.15) is 0 Å². The smallest absolute Gasteiger partial charge is 0.191 e. The molecule has 2 aliphatic carbocycles. The third kappa shape index (κ3) is 8.42. The summed E-state index contributed by atoms with van der Waals surface area (Å²) < 4.78 is 6.51. The fourth-order valence-corrected chi connectivity index (χ4v) is 8.80. The van der Waals surface area contributed by atoms with Crippen LogP contribution in [-0.4, -0.2) is 25.6 Å². The normalized spacial score (nSPS) is 30.0. The minimum atomic E-state index is -1.64. The summed E-state index contributed by atoms with van der Waals surface area (Å²) in [6, 6.07) is 0. The number of hydrogen-bond donors (Lipinski definition) is 1. The molecule has 1 N–H and O–H groups in total. The van der Waals surface area contributed by atoms with Gasteiger partial charge in [-0.25, -0.2) is 0 Å². The maximum absolute atomic E-state index is 9.98. The summed E-state index contributed by atoms with van der Waals surface area (Å²) in [6.45, 7) is 21.8. The van der Waals surface area contributed by atoms with Crippen LogP contribution < -0.4 is 0 Å². The van der Waals surface area contributed by atoms with Crippen LogP contribution in [0.1, 0.15) is 126 Å². The summed E-state index contributed by atoms with van der Waals surface area (Å²) in [6.07, 6.45) is 15.4. The van der Waals surface area contributed by atoms with Gasteiger partial charge in [-0.3, -0.25) is 0 Å². The van der Waals surface area contributed by atoms with Crippen LogP contribution in [0.5, 0.6) is 0 Å². The highest BCUT2D eigenvalue weighted by molar-refractivity contribution is 9.11. The van der Waals surface area contributed by atoms with Gasteiger partial charge in [0.15, 0.2) is 8.32 Å². The molecule has 2 nitrogen and oxygen atoms in total. The Hall–Kier alpha value is 0.357. The predicted molar refractivity (Wildman–Crippen MR) is 160 cm³/mol. The second-order valence-electron chi connectivity index (χ2n) is 14.5. The van der Waals surface area contributed by atoms with Crippen LogP contribution in [0.2, 0.25) is 18.1 Å². The van der Waals surface area contributed by atoms with Gasteiger partial charge < -0.3 is 9.53 Å². The van der Waals surface area contributed by atoms with E-state index >= 15 is 0 Å². The minimum Gasteiger partial charge on any atom is -0.417 e. The molecule has 0 saturated heterocycles. The lowest BCUT2D eigenvalue weighted by molar-refractivity contribution is 0.0198. The van der Waals surface area contributed by atoms with E-state index < -0.39 is 13.9 Å². The quantitative estimate of drug-likeness (QED) is 0.176. The van der Waals surface area contributed by atoms with Gasteiger partial charge in [0, 0.05) is 6.61 Å². The highest BCUT2D eigenvalue weighted by Gasteiger charge is 2.54. The monoisotopic (exact) mass is 570 g/mol. The summed E-state index contributed by atoms with van der Waals surface area (Å²) >= 11 is 3.74. The van der Waals surface area contributed by atoms with Crippen LogP contribution in [0.25, 0.3) is 0 Å². The van der Waals surface area contributed by atoms with Crippen molar-refractivity contribution in [2.75, 3.05) is 6.61 Å². The largest absolute Gasteiger partial charge is 0.417 e. The van der Waals surface area contributed by atoms with Gasteiger partial charge in [0.2, 0.25) is 0 Å². The summed E-state index contributed by atoms with van der Waals surface area (Å²) in [5.41, 5.74) is 1.63. The third-order valence-corrected chi connectivity index (χ3v) is 15.5. The first-order chi connectivity index (χ1) is 16.1. The molecule has 0 aromatic carbocycles. The first-order valence-corrected chi connectivity index (χ1v) is 18.6. The van der Waals surface area contributed by atoms with E-state index in [1.807, 2.05) is 13.8 Å². The van der Waals surface area contributed by atoms with Crippen LogP contribution in [0, 0.1) is 29.1 Å². The molecule has 0 spiro atoms. The average Bonchev–Trinajstić information content (AvgIpc) is 3.10. The van der Waals surface area contributed by atoms with Gasteiger partial charge in [0.25, 0.3) is 0 Å². The van der Waals surface area contributed by atoms with Gasteiger partial charge in [-0.15, -0.1) is 0 Å². The lowest BCUT2D eigenvalue weighted by Gasteiger charge is -2.50. The van der Waals surface area contributed by atoms with Crippen molar-refractivity contribution in [3.8, 4) is 0 Å². The second-order valence-corrected chi connectivity index (χ2v) is 19.8. The van der Waals surface area contributed by atoms with Gasteiger partial charge in [-0.05, 0) is 117 Å². The fraction of sp³-hybridized carbons (Fsp3) is 0.935. The number of fused-ring (bicyclic) bond motifs is 1. The summed E-state index contributed by atoms with van der Waals surface area (Å²) in [5.74, 6) is 3.24. The molecule has 0 unspecified atom stereocenters. The fourth-order valence-electron chi connectivity index (χ4n) is 7.16. The van der Waals surface area contributed by atoms with E-state index in [1.54, 1.807) is 5.57 Å². The van der Waals surface area contributed by atoms with Crippen molar-refractivity contribution in [2.45, 2.75) is 149 Å². The van der Waals surface area contributed by atoms with Crippen LogP contribution in [0.4, 0.5) is 0 Å². The van der Waals surface area contributed by atoms with Gasteiger partial charge in [-0.2, -0.15) is 0 Å². The van der Waals surface area contributed by atoms with E-state index in [0.29, 0.717) is 10.5 Å². The SMILES string of the molecule is C[C@H](CCCO[Si](C)(C)C(C)(C)C)[C@H]1CC[C@H]2/C(=C/Br)CC[C@@H](CCCCCCC(C)(C)O)[C@]12C. The molecule has 2 rings (SSSR count). The van der Waals surface area contributed by atoms with Crippen molar-refractivity contribution in [3.05, 3.63) is 10.6 Å². The van der Waals surface area contributed by atoms with E-state index in [4.69, 9.17) is 4.43 Å². The maximum Gasteiger partial charge on any atom is 0.191 e. The first-order valence-electron chi connectivity index (χ1n) is 14.8. The Morgan fingerprint density at radius 1 is 1.06 bits per heavy atom. The van der Waals surface area contributed by atoms with E-state index in [9.17, 15) is 5.11 Å². The first kappa shape index (κ1) is 31.6. The number of hydrogen-bond acceptors (Lipinski definition) is 2. The van der Waals surface area contributed by atoms with Crippen molar-refractivity contribution in [2.24, 2.45) is 29.1 Å². The molecule has 0 aromatic rings. The van der Waals surface area contributed by atoms with Crippen LogP contribution in [0.15, 0.2) is 10.6 Å². The van der Waals surface area contributed by atoms with Crippen LogP contribution in [-0.2, 0) is 4.43 Å². The number of allylic oxidation sites excluding steroid dienone is 1. The van der Waals surface area contributed by atoms with Crippen molar-refractivity contribution in [1.82, 2.24) is 0 Å². The molecule has 4 heteroatoms. The molecule has 206 valence electrons. The standard InChI is InChI=1S/C31H59BrO2Si/c1-24(15-14-22-34-35(8,9)29(2,3)4)27-19-20-28-25(23-32)17-18-26(31(27,28)7)16-12-10-11-13-21-30(5,6)33/h23-24,26-28,33H,10-22H2,1-9H3/b25-23+/t24-,26-,27-,28+,31-/m1/s1. The minimum absolute atomic E-state index is 0.298. The maximum atomic E-state index is 9.98. The number of halogens is 1. The van der Waals surface area contributed by atoms with Crippen LogP contribution >= 0.6 is 15.9 Å². The second kappa shape index (κ2) is 12.9. The summed E-state index contributed by atoms with van der Waals surface area (Å²) in [4.78, 5) is 2.28. The Morgan fingerprint density at radius 2 is 1.71 bits per heavy atom. The number of unbranched alkanes of at least 4 members (excludes halogenated alkanes) is 3. The third-order valence-electron chi connectivity index (χ3n) is 10.4. The number of rotatable bonds is 13. The van der Waals surface area contributed by atoms with E-state index in [0.717, 1.165) is 43.1 Å². The molecule has 2 saturated carbocycles. The molecule has 0 aromatic heterocycles. The number of aliphatic hydroxyl groups is 1. The zero-order valence-corrected chi connectivity index (χ0v) is 27.4. The van der Waals surface area contributed by atoms with Crippen molar-refractivity contribution < 1.29 is 9.53 Å². The molecular weight excluding hydrogens is 512 g/mol. The Bertz CT molecular complexity index is 674. The molecule has 0 radical (unpaired) electrons. The molecule has 0 amide bonds. The van der Waals surface area contributed by atoms with E-state index in [2.05, 4.69) is 68.6 Å². The van der Waals surface area contributed by atoms with Crippen molar-refractivity contribution in [3.63, 3.8) is 0 Å². The molecular formula is C31H59BrO2Si. The molecule has 0 heterocycles. The van der Waals surface area contributed by atoms with E-state index in [1.165, 1.54) is 64.2 Å². The Kier molecular flexibility index (Phi) is 11.7. The van der Waals surface area contributed by atoms with Crippen molar-refractivity contribution >= 4 is 24.2 Å². The molecule has 2 aliphatic rings. The Balaban J connectivity index is 1.94. The van der Waals surface area contributed by atoms with Crippen molar-refractivity contribution in [1.29, 1.82) is 0 Å². The average molecular weight is 572 g/mol. The molecule has 35 heavy (non-hydrogen) atoms. The van der Waals surface area contributed by atoms with Crippen LogP contribution in [0.3, 0.4) is 0 Å².